The van der Waals surface area contributed by atoms with Gasteiger partial charge in [0, 0.05) is 43.3 Å². The van der Waals surface area contributed by atoms with E-state index in [1.807, 2.05) is 0 Å². The van der Waals surface area contributed by atoms with Gasteiger partial charge in [0.05, 0.1) is 11.5 Å². The van der Waals surface area contributed by atoms with E-state index in [4.69, 9.17) is 4.74 Å². The van der Waals surface area contributed by atoms with Crippen molar-refractivity contribution in [3.63, 3.8) is 0 Å². The molecule has 0 radical (unpaired) electrons. The fourth-order valence-corrected chi connectivity index (χ4v) is 8.29. The molecule has 48 heavy (non-hydrogen) atoms. The van der Waals surface area contributed by atoms with E-state index >= 15 is 0 Å². The van der Waals surface area contributed by atoms with Gasteiger partial charge in [-0.3, -0.25) is 4.79 Å². The van der Waals surface area contributed by atoms with Crippen LogP contribution >= 0.6 is 0 Å². The van der Waals surface area contributed by atoms with Crippen LogP contribution in [0.5, 0.6) is 0 Å². The van der Waals surface area contributed by atoms with Crippen molar-refractivity contribution in [1.29, 1.82) is 0 Å². The first kappa shape index (κ1) is 35.7. The molecule has 1 amide bonds. The number of ether oxygens (including phenoxy) is 2. The maximum Gasteiger partial charge on any atom is 0.430 e. The third-order valence-corrected chi connectivity index (χ3v) is 11.4. The molecule has 0 N–H and O–H groups in total. The third kappa shape index (κ3) is 6.17. The van der Waals surface area contributed by atoms with E-state index in [0.29, 0.717) is 50.3 Å². The number of amides is 1. The Balaban J connectivity index is 1.59. The summed E-state index contributed by atoms with van der Waals surface area (Å²) in [5.41, 5.74) is -8.03. The maximum absolute atomic E-state index is 14.5. The van der Waals surface area contributed by atoms with Crippen molar-refractivity contribution in [3.8, 4) is 0 Å². The molecule has 2 saturated heterocycles. The maximum atomic E-state index is 14.5. The normalized spacial score (nSPS) is 19.9. The molecule has 5 rings (SSSR count). The molecule has 0 aromatic heterocycles. The first-order chi connectivity index (χ1) is 22.4. The first-order valence-electron chi connectivity index (χ1n) is 14.6. The van der Waals surface area contributed by atoms with Crippen LogP contribution in [0, 0.1) is 23.4 Å². The highest BCUT2D eigenvalue weighted by Crippen LogP contribution is 2.54. The van der Waals surface area contributed by atoms with Crippen molar-refractivity contribution in [2.45, 2.75) is 53.5 Å². The molecule has 2 aliphatic heterocycles. The quantitative estimate of drug-likeness (QED) is 0.187. The van der Waals surface area contributed by atoms with Crippen LogP contribution in [0.2, 0.25) is 0 Å². The van der Waals surface area contributed by atoms with Crippen LogP contribution in [-0.4, -0.2) is 57.9 Å². The summed E-state index contributed by atoms with van der Waals surface area (Å²) in [6.07, 6.45) is -12.0. The molecule has 16 heteroatoms. The van der Waals surface area contributed by atoms with Crippen LogP contribution in [0.15, 0.2) is 71.6 Å². The van der Waals surface area contributed by atoms with Gasteiger partial charge in [0.15, 0.2) is 9.84 Å². The van der Waals surface area contributed by atoms with Gasteiger partial charge in [-0.25, -0.2) is 21.6 Å². The second kappa shape index (κ2) is 13.0. The van der Waals surface area contributed by atoms with Crippen LogP contribution in [-0.2, 0) is 41.1 Å². The zero-order valence-corrected chi connectivity index (χ0v) is 25.7. The molecular weight excluding hydrogens is 681 g/mol. The molecule has 0 unspecified atom stereocenters. The molecule has 1 atom stereocenters. The summed E-state index contributed by atoms with van der Waals surface area (Å²) < 4.78 is 165. The Morgan fingerprint density at radius 2 is 1.42 bits per heavy atom. The van der Waals surface area contributed by atoms with Crippen molar-refractivity contribution >= 4 is 15.7 Å². The molecule has 2 aliphatic rings. The molecule has 2 heterocycles. The number of sulfone groups is 1. The average molecular weight is 710 g/mol. The number of halogens is 9. The van der Waals surface area contributed by atoms with Crippen LogP contribution in [0.4, 0.5) is 39.5 Å². The summed E-state index contributed by atoms with van der Waals surface area (Å²) in [5.74, 6) is -4.50. The molecule has 0 saturated carbocycles. The summed E-state index contributed by atoms with van der Waals surface area (Å²) in [6, 6.07) is 8.13. The largest absolute Gasteiger partial charge is 0.430 e. The van der Waals surface area contributed by atoms with Gasteiger partial charge in [-0.05, 0) is 61.2 Å². The third-order valence-electron chi connectivity index (χ3n) is 8.86. The van der Waals surface area contributed by atoms with Crippen LogP contribution in [0.3, 0.4) is 0 Å². The van der Waals surface area contributed by atoms with Gasteiger partial charge in [-0.2, -0.15) is 26.3 Å². The molecule has 260 valence electrons. The number of nitrogens with zero attached hydrogens (tertiary/aromatic N) is 1. The second-order valence-electron chi connectivity index (χ2n) is 11.6. The Morgan fingerprint density at radius 1 is 0.854 bits per heavy atom. The minimum absolute atomic E-state index is 0.106. The Hall–Kier alpha value is -3.63. The van der Waals surface area contributed by atoms with Crippen molar-refractivity contribution in [1.82, 2.24) is 4.90 Å². The van der Waals surface area contributed by atoms with Gasteiger partial charge in [-0.1, -0.05) is 30.3 Å². The lowest BCUT2D eigenvalue weighted by Crippen LogP contribution is -2.56. The Morgan fingerprint density at radius 3 is 1.96 bits per heavy atom. The fraction of sp³-hybridized carbons (Fsp3) is 0.406. The minimum Gasteiger partial charge on any atom is -0.381 e. The summed E-state index contributed by atoms with van der Waals surface area (Å²) in [4.78, 5) is 14.3. The van der Waals surface area contributed by atoms with Crippen molar-refractivity contribution in [2.75, 3.05) is 26.3 Å². The van der Waals surface area contributed by atoms with Crippen LogP contribution in [0.1, 0.15) is 36.0 Å². The minimum atomic E-state index is -6.22. The first-order valence-corrected chi connectivity index (χ1v) is 16.1. The highest BCUT2D eigenvalue weighted by atomic mass is 32.2. The summed E-state index contributed by atoms with van der Waals surface area (Å²) in [5, 5.41) is 0. The zero-order valence-electron chi connectivity index (χ0n) is 24.9. The van der Waals surface area contributed by atoms with Gasteiger partial charge in [0.25, 0.3) is 5.60 Å². The summed E-state index contributed by atoms with van der Waals surface area (Å²) >= 11 is 0. The van der Waals surface area contributed by atoms with Crippen molar-refractivity contribution in [3.05, 3.63) is 101 Å². The number of benzene rings is 3. The van der Waals surface area contributed by atoms with Crippen LogP contribution < -0.4 is 0 Å². The number of likely N-dealkylation sites (tertiary alicyclic amines) is 1. The molecule has 3 aromatic carbocycles. The van der Waals surface area contributed by atoms with E-state index in [9.17, 15) is 52.7 Å². The highest BCUT2D eigenvalue weighted by Gasteiger charge is 2.73. The Labute approximate surface area is 269 Å². The highest BCUT2D eigenvalue weighted by molar-refractivity contribution is 7.92. The van der Waals surface area contributed by atoms with E-state index in [1.165, 1.54) is 4.90 Å². The Kier molecular flexibility index (Phi) is 9.67. The lowest BCUT2D eigenvalue weighted by molar-refractivity contribution is -0.392. The zero-order chi connectivity index (χ0) is 35.1. The lowest BCUT2D eigenvalue weighted by atomic mass is 9.88. The predicted molar refractivity (Wildman–Crippen MR) is 151 cm³/mol. The lowest BCUT2D eigenvalue weighted by Gasteiger charge is -2.38. The molecule has 0 bridgehead atoms. The number of hydrogen-bond donors (Lipinski definition) is 0. The van der Waals surface area contributed by atoms with Crippen molar-refractivity contribution < 1.29 is 62.2 Å². The van der Waals surface area contributed by atoms with E-state index in [2.05, 4.69) is 4.74 Å². The number of carbonyl (C=O) groups is 1. The number of rotatable bonds is 8. The van der Waals surface area contributed by atoms with Gasteiger partial charge >= 0.3 is 12.4 Å². The molecule has 3 aromatic rings. The second-order valence-corrected chi connectivity index (χ2v) is 13.9. The summed E-state index contributed by atoms with van der Waals surface area (Å²) in [7, 11) is -4.57. The van der Waals surface area contributed by atoms with E-state index < -0.39 is 80.2 Å². The van der Waals surface area contributed by atoms with Gasteiger partial charge in [0.2, 0.25) is 5.91 Å². The van der Waals surface area contributed by atoms with Gasteiger partial charge in [-0.15, -0.1) is 0 Å². The standard InChI is InChI=1S/C32H28F9NO5S/c33-23-8-10-24(11-9-23)48(44,45)29(14-15-42(19-29)28(43)20-12-16-46-17-13-20)21-4-6-22(7-5-21)30(31(36,37)38,32(39,40)41)47-18-25-26(34)2-1-3-27(25)35/h1-11,20H,12-19H2/t29-/m0/s1. The molecule has 2 fully saturated rings. The monoisotopic (exact) mass is 709 g/mol. The van der Waals surface area contributed by atoms with E-state index in [1.54, 1.807) is 0 Å². The predicted octanol–water partition coefficient (Wildman–Crippen LogP) is 6.97. The topological polar surface area (TPSA) is 72.9 Å². The van der Waals surface area contributed by atoms with E-state index in [-0.39, 0.29) is 29.3 Å². The van der Waals surface area contributed by atoms with Gasteiger partial charge < -0.3 is 14.4 Å². The average Bonchev–Trinajstić information content (AvgIpc) is 3.49. The molecular formula is C32H28F9NO5S. The number of carbonyl (C=O) groups excluding carboxylic acids is 1. The molecule has 0 spiro atoms. The fourth-order valence-electron chi connectivity index (χ4n) is 6.22. The molecule has 0 aliphatic carbocycles. The SMILES string of the molecule is O=C(C1CCOCC1)N1CC[C@](c2ccc(C(OCc3c(F)cccc3F)(C(F)(F)F)C(F)(F)F)cc2)(S(=O)(=O)c2ccc(F)cc2)C1. The van der Waals surface area contributed by atoms with Crippen LogP contribution in [0.25, 0.3) is 0 Å². The smallest absolute Gasteiger partial charge is 0.381 e. The van der Waals surface area contributed by atoms with Crippen molar-refractivity contribution in [2.24, 2.45) is 5.92 Å². The molecule has 6 nitrogen and oxygen atoms in total. The van der Waals surface area contributed by atoms with E-state index in [0.717, 1.165) is 42.5 Å². The number of hydrogen-bond acceptors (Lipinski definition) is 5. The number of alkyl halides is 6. The Bertz CT molecular complexity index is 1710. The summed E-state index contributed by atoms with van der Waals surface area (Å²) in [6.45, 7) is -1.75. The van der Waals surface area contributed by atoms with Gasteiger partial charge in [0.1, 0.15) is 22.2 Å².